The number of carbonyl (C=O) groups excluding carboxylic acids is 1. The summed E-state index contributed by atoms with van der Waals surface area (Å²) in [7, 11) is -2.21. The van der Waals surface area contributed by atoms with Gasteiger partial charge < -0.3 is 9.64 Å². The van der Waals surface area contributed by atoms with E-state index in [0.29, 0.717) is 38.2 Å². The summed E-state index contributed by atoms with van der Waals surface area (Å²) < 4.78 is 32.3. The maximum absolute atomic E-state index is 13.2. The molecule has 10 heteroatoms. The molecular weight excluding hydrogens is 422 g/mol. The van der Waals surface area contributed by atoms with Gasteiger partial charge in [0.25, 0.3) is 5.91 Å². The Balaban J connectivity index is 1.66. The summed E-state index contributed by atoms with van der Waals surface area (Å²) >= 11 is 0. The van der Waals surface area contributed by atoms with Crippen LogP contribution >= 0.6 is 0 Å². The van der Waals surface area contributed by atoms with Gasteiger partial charge in [-0.15, -0.1) is 0 Å². The van der Waals surface area contributed by atoms with Gasteiger partial charge in [0.1, 0.15) is 0 Å². The minimum atomic E-state index is -3.54. The van der Waals surface area contributed by atoms with Crippen molar-refractivity contribution in [1.29, 1.82) is 0 Å². The van der Waals surface area contributed by atoms with E-state index in [0.717, 1.165) is 18.4 Å². The largest absolute Gasteiger partial charge is 0.490 e. The predicted molar refractivity (Wildman–Crippen MR) is 114 cm³/mol. The maximum Gasteiger partial charge on any atom is 0.311 e. The van der Waals surface area contributed by atoms with Crippen LogP contribution in [0.5, 0.6) is 5.75 Å². The molecule has 0 spiro atoms. The molecule has 0 aromatic heterocycles. The number of nitrogens with zero attached hydrogens (tertiary/aromatic N) is 3. The van der Waals surface area contributed by atoms with E-state index in [2.05, 4.69) is 0 Å². The molecule has 0 aliphatic carbocycles. The van der Waals surface area contributed by atoms with Gasteiger partial charge in [-0.3, -0.25) is 14.9 Å². The monoisotopic (exact) mass is 445 g/mol. The van der Waals surface area contributed by atoms with Crippen molar-refractivity contribution in [2.75, 3.05) is 31.6 Å². The van der Waals surface area contributed by atoms with Gasteiger partial charge in [0.15, 0.2) is 5.75 Å². The molecule has 1 amide bonds. The molecule has 2 aromatic carbocycles. The van der Waals surface area contributed by atoms with E-state index < -0.39 is 14.9 Å². The number of nitro groups is 1. The molecule has 9 nitrogen and oxygen atoms in total. The van der Waals surface area contributed by atoms with E-state index >= 15 is 0 Å². The lowest BCUT2D eigenvalue weighted by molar-refractivity contribution is -0.385. The summed E-state index contributed by atoms with van der Waals surface area (Å²) in [5, 5.41) is 11.3. The Bertz CT molecular complexity index is 1140. The zero-order chi connectivity index (χ0) is 22.2. The lowest BCUT2D eigenvalue weighted by Crippen LogP contribution is -2.36. The molecule has 0 saturated carbocycles. The number of sulfonamides is 1. The Labute approximate surface area is 180 Å². The number of carbonyl (C=O) groups is 1. The Hall–Kier alpha value is -2.98. The zero-order valence-electron chi connectivity index (χ0n) is 17.1. The number of benzene rings is 2. The number of amides is 1. The number of fused-ring (bicyclic) bond motifs is 1. The Kier molecular flexibility index (Phi) is 5.67. The highest BCUT2D eigenvalue weighted by Crippen LogP contribution is 2.34. The number of methoxy groups -OCH3 is 1. The second-order valence-corrected chi connectivity index (χ2v) is 9.54. The van der Waals surface area contributed by atoms with Crippen LogP contribution in [0.15, 0.2) is 41.3 Å². The van der Waals surface area contributed by atoms with Crippen molar-refractivity contribution in [3.8, 4) is 5.75 Å². The minimum absolute atomic E-state index is 0.0809. The molecule has 164 valence electrons. The Morgan fingerprint density at radius 3 is 2.48 bits per heavy atom. The quantitative estimate of drug-likeness (QED) is 0.517. The molecule has 1 fully saturated rings. The average molecular weight is 445 g/mol. The van der Waals surface area contributed by atoms with E-state index in [-0.39, 0.29) is 27.8 Å². The van der Waals surface area contributed by atoms with Crippen LogP contribution in [0.1, 0.15) is 35.2 Å². The van der Waals surface area contributed by atoms with Gasteiger partial charge in [-0.1, -0.05) is 0 Å². The van der Waals surface area contributed by atoms with Crippen molar-refractivity contribution >= 4 is 27.3 Å². The third-order valence-corrected chi connectivity index (χ3v) is 7.63. The van der Waals surface area contributed by atoms with E-state index in [1.807, 2.05) is 0 Å². The van der Waals surface area contributed by atoms with Gasteiger partial charge in [0, 0.05) is 37.0 Å². The van der Waals surface area contributed by atoms with Gasteiger partial charge >= 0.3 is 5.69 Å². The maximum atomic E-state index is 13.2. The third-order valence-electron chi connectivity index (χ3n) is 5.74. The SMILES string of the molecule is COc1ccc(C(=O)N2CCCc3cc(S(=O)(=O)N4CCCC4)ccc32)cc1[N+](=O)[O-]. The summed E-state index contributed by atoms with van der Waals surface area (Å²) in [5.41, 5.74) is 1.31. The van der Waals surface area contributed by atoms with E-state index in [1.54, 1.807) is 17.0 Å². The first-order valence-electron chi connectivity index (χ1n) is 10.1. The van der Waals surface area contributed by atoms with E-state index in [4.69, 9.17) is 4.74 Å². The number of anilines is 1. The number of ether oxygens (including phenoxy) is 1. The average Bonchev–Trinajstić information content (AvgIpc) is 3.33. The number of nitro benzene ring substituents is 1. The van der Waals surface area contributed by atoms with Crippen LogP contribution in [-0.4, -0.2) is 50.3 Å². The molecule has 4 rings (SSSR count). The first-order valence-corrected chi connectivity index (χ1v) is 11.5. The van der Waals surface area contributed by atoms with Gasteiger partial charge in [-0.2, -0.15) is 4.31 Å². The highest BCUT2D eigenvalue weighted by molar-refractivity contribution is 7.89. The fourth-order valence-corrected chi connectivity index (χ4v) is 5.71. The molecule has 1 saturated heterocycles. The molecule has 2 aromatic rings. The van der Waals surface area contributed by atoms with Crippen molar-refractivity contribution in [1.82, 2.24) is 4.31 Å². The summed E-state index contributed by atoms with van der Waals surface area (Å²) in [4.78, 5) is 25.7. The molecule has 2 heterocycles. The molecule has 31 heavy (non-hydrogen) atoms. The van der Waals surface area contributed by atoms with Crippen LogP contribution in [0.2, 0.25) is 0 Å². The van der Waals surface area contributed by atoms with Crippen LogP contribution in [0.4, 0.5) is 11.4 Å². The van der Waals surface area contributed by atoms with Gasteiger partial charge in [-0.25, -0.2) is 8.42 Å². The second-order valence-electron chi connectivity index (χ2n) is 7.61. The van der Waals surface area contributed by atoms with Crippen molar-refractivity contribution in [3.63, 3.8) is 0 Å². The van der Waals surface area contributed by atoms with Gasteiger partial charge in [-0.05, 0) is 61.6 Å². The second kappa shape index (κ2) is 8.27. The highest BCUT2D eigenvalue weighted by atomic mass is 32.2. The first kappa shape index (κ1) is 21.3. The number of aryl methyl sites for hydroxylation is 1. The van der Waals surface area contributed by atoms with Gasteiger partial charge in [0.05, 0.1) is 16.9 Å². The predicted octanol–water partition coefficient (Wildman–Crippen LogP) is 2.98. The number of hydrogen-bond acceptors (Lipinski definition) is 6. The number of rotatable bonds is 5. The zero-order valence-corrected chi connectivity index (χ0v) is 17.9. The smallest absolute Gasteiger partial charge is 0.311 e. The van der Waals surface area contributed by atoms with Crippen molar-refractivity contribution < 1.29 is 22.9 Å². The Morgan fingerprint density at radius 2 is 1.81 bits per heavy atom. The summed E-state index contributed by atoms with van der Waals surface area (Å²) in [6.07, 6.45) is 3.05. The van der Waals surface area contributed by atoms with E-state index in [9.17, 15) is 23.3 Å². The summed E-state index contributed by atoms with van der Waals surface area (Å²) in [6.45, 7) is 1.50. The summed E-state index contributed by atoms with van der Waals surface area (Å²) in [6, 6.07) is 8.96. The number of hydrogen-bond donors (Lipinski definition) is 0. The fraction of sp³-hybridized carbons (Fsp3) is 0.381. The van der Waals surface area contributed by atoms with Crippen molar-refractivity contribution in [2.45, 2.75) is 30.6 Å². The summed E-state index contributed by atoms with van der Waals surface area (Å²) in [5.74, 6) is -0.292. The van der Waals surface area contributed by atoms with E-state index in [1.165, 1.54) is 35.7 Å². The molecule has 2 aliphatic heterocycles. The van der Waals surface area contributed by atoms with Crippen molar-refractivity contribution in [2.24, 2.45) is 0 Å². The molecule has 0 radical (unpaired) electrons. The lowest BCUT2D eigenvalue weighted by atomic mass is 10.0. The van der Waals surface area contributed by atoms with Crippen molar-refractivity contribution in [3.05, 3.63) is 57.6 Å². The standard InChI is InChI=1S/C21H23N3O6S/c1-30-20-9-6-16(14-19(20)24(26)27)21(25)23-12-4-5-15-13-17(7-8-18(15)23)31(28,29)22-10-2-3-11-22/h6-9,13-14H,2-5,10-12H2,1H3. The fourth-order valence-electron chi connectivity index (χ4n) is 4.14. The third kappa shape index (κ3) is 3.88. The van der Waals surface area contributed by atoms with Crippen LogP contribution in [0.3, 0.4) is 0 Å². The topological polar surface area (TPSA) is 110 Å². The van der Waals surface area contributed by atoms with Crippen LogP contribution in [-0.2, 0) is 16.4 Å². The van der Waals surface area contributed by atoms with Crippen LogP contribution in [0.25, 0.3) is 0 Å². The minimum Gasteiger partial charge on any atom is -0.490 e. The molecule has 0 N–H and O–H groups in total. The van der Waals surface area contributed by atoms with Gasteiger partial charge in [0.2, 0.25) is 10.0 Å². The Morgan fingerprint density at radius 1 is 1.06 bits per heavy atom. The molecular formula is C21H23N3O6S. The lowest BCUT2D eigenvalue weighted by Gasteiger charge is -2.30. The van der Waals surface area contributed by atoms with Crippen LogP contribution < -0.4 is 9.64 Å². The first-order chi connectivity index (χ1) is 14.8. The molecule has 0 atom stereocenters. The highest BCUT2D eigenvalue weighted by Gasteiger charge is 2.30. The normalized spacial score (nSPS) is 16.7. The molecule has 0 unspecified atom stereocenters. The molecule has 0 bridgehead atoms. The van der Waals surface area contributed by atoms with Crippen LogP contribution in [0, 0.1) is 10.1 Å². The molecule has 2 aliphatic rings.